The van der Waals surface area contributed by atoms with Crippen LogP contribution in [0, 0.1) is 5.41 Å². The molecule has 0 aromatic heterocycles. The highest BCUT2D eigenvalue weighted by molar-refractivity contribution is 6.15. The van der Waals surface area contributed by atoms with Gasteiger partial charge in [0.2, 0.25) is 0 Å². The van der Waals surface area contributed by atoms with Crippen molar-refractivity contribution in [3.8, 4) is 55.6 Å². The second-order valence-corrected chi connectivity index (χ2v) is 31.5. The first kappa shape index (κ1) is 65.7. The molecular formula is C91H58O20. The van der Waals surface area contributed by atoms with E-state index in [1.807, 2.05) is 60.7 Å². The van der Waals surface area contributed by atoms with E-state index in [0.717, 1.165) is 134 Å². The van der Waals surface area contributed by atoms with Crippen molar-refractivity contribution in [2.24, 2.45) is 5.41 Å². The van der Waals surface area contributed by atoms with E-state index in [9.17, 15) is 99.0 Å². The summed E-state index contributed by atoms with van der Waals surface area (Å²) in [6.45, 7) is 2.28. The molecule has 0 amide bonds. The summed E-state index contributed by atoms with van der Waals surface area (Å²) < 4.78 is 0. The molecule has 10 aromatic rings. The average Bonchev–Trinajstić information content (AvgIpc) is 1.39. The minimum absolute atomic E-state index is 0.206. The van der Waals surface area contributed by atoms with E-state index in [4.69, 9.17) is 0 Å². The Kier molecular flexibility index (Phi) is 12.4. The first-order valence-electron chi connectivity index (χ1n) is 36.4. The summed E-state index contributed by atoms with van der Waals surface area (Å²) in [5, 5.41) is 106. The van der Waals surface area contributed by atoms with E-state index in [-0.39, 0.29) is 27.8 Å². The number of carbonyl (C=O) groups is 10. The Hall–Kier alpha value is -13.6. The van der Waals surface area contributed by atoms with Gasteiger partial charge in [0, 0.05) is 5.41 Å². The minimum atomic E-state index is -1.55. The van der Waals surface area contributed by atoms with Crippen molar-refractivity contribution >= 4 is 59.7 Å². The van der Waals surface area contributed by atoms with Gasteiger partial charge in [-0.05, 0) is 189 Å². The van der Waals surface area contributed by atoms with Gasteiger partial charge in [-0.15, -0.1) is 0 Å². The fourth-order valence-corrected chi connectivity index (χ4v) is 24.2. The highest BCUT2D eigenvalue weighted by Gasteiger charge is 2.86. The summed E-state index contributed by atoms with van der Waals surface area (Å²) in [7, 11) is 0. The minimum Gasteiger partial charge on any atom is -0.481 e. The summed E-state index contributed by atoms with van der Waals surface area (Å²) in [5.74, 6) is -21.0. The summed E-state index contributed by atoms with van der Waals surface area (Å²) in [6.07, 6.45) is -3.74. The molecule has 11 atom stereocenters. The standard InChI is InChI=1S/C91H58O20/c1-86-79-77-78-80(86)90(45-18-8-40(9-19-45)60(84(108)109)35-65(98)99)72-52-27-25-50-48-23-22-47-49-24-26-51-53-28-30-55-56-31-29-54(52)74(90)76(56)91(86,46-20-10-41(11-21-46)61(85(110)111)36-66(100)101)75(55)73(53)89(79,44-16-6-39(7-17-44)59(83(106)107)34-64(96)97)71(51)69(49)87(77,42-12-2-37(3-13-42)57(81(102)103)32-62(92)93)67(47)68(48)88(78,70(50)72)43-14-4-38(5-15-43)58(82(104)105)33-63(94)95/h2-31,57-61H,32-36H2,1H3,(H,92,93)(H,94,95)(H,96,97)(H,98,99)(H,100,101)(H,102,103)(H,104,105)(H,106,107)(H,108,109)(H,110,111)/t57?,58?,59?,60?,61?,86-,87+,88-,89+,90-,91+. The Bertz CT molecular complexity index is 6030. The Morgan fingerprint density at radius 1 is 0.234 bits per heavy atom. The molecule has 21 rings (SSSR count). The lowest BCUT2D eigenvalue weighted by Gasteiger charge is -2.65. The van der Waals surface area contributed by atoms with Crippen LogP contribution < -0.4 is 0 Å². The third kappa shape index (κ3) is 7.07. The molecule has 10 aromatic carbocycles. The lowest BCUT2D eigenvalue weighted by atomic mass is 9.35. The van der Waals surface area contributed by atoms with Gasteiger partial charge in [0.15, 0.2) is 0 Å². The second-order valence-electron chi connectivity index (χ2n) is 31.5. The number of fused-ring (bicyclic) bond motifs is 5. The Morgan fingerprint density at radius 2 is 0.405 bits per heavy atom. The molecule has 0 heterocycles. The van der Waals surface area contributed by atoms with E-state index < -0.39 is 154 Å². The zero-order chi connectivity index (χ0) is 77.0. The molecule has 0 fully saturated rings. The van der Waals surface area contributed by atoms with Crippen LogP contribution in [-0.4, -0.2) is 111 Å². The van der Waals surface area contributed by atoms with Crippen LogP contribution in [0.2, 0.25) is 0 Å². The highest BCUT2D eigenvalue weighted by atomic mass is 16.4. The predicted octanol–water partition coefficient (Wildman–Crippen LogP) is 13.5. The van der Waals surface area contributed by atoms with Gasteiger partial charge in [-0.2, -0.15) is 0 Å². The molecule has 0 spiro atoms. The van der Waals surface area contributed by atoms with Crippen LogP contribution in [0.5, 0.6) is 0 Å². The number of hydrogen-bond acceptors (Lipinski definition) is 10. The van der Waals surface area contributed by atoms with Crippen molar-refractivity contribution in [3.63, 3.8) is 0 Å². The number of benzene rings is 10. The van der Waals surface area contributed by atoms with Crippen LogP contribution in [0.15, 0.2) is 204 Å². The fraction of sp³-hybridized carbons (Fsp3) is 0.187. The zero-order valence-electron chi connectivity index (χ0n) is 58.3. The van der Waals surface area contributed by atoms with Crippen LogP contribution in [0.1, 0.15) is 180 Å². The van der Waals surface area contributed by atoms with E-state index in [2.05, 4.69) is 67.6 Å². The van der Waals surface area contributed by atoms with E-state index >= 15 is 0 Å². The van der Waals surface area contributed by atoms with Crippen LogP contribution in [-0.2, 0) is 75.0 Å². The third-order valence-corrected chi connectivity index (χ3v) is 27.3. The molecule has 20 nitrogen and oxygen atoms in total. The number of hydrogen-bond donors (Lipinski definition) is 10. The van der Waals surface area contributed by atoms with Crippen molar-refractivity contribution in [2.45, 2.75) is 95.7 Å². The van der Waals surface area contributed by atoms with Crippen LogP contribution >= 0.6 is 0 Å². The maximum Gasteiger partial charge on any atom is 0.311 e. The normalized spacial score (nSPS) is 23.7. The molecular weight excluding hydrogens is 1410 g/mol. The molecule has 111 heavy (non-hydrogen) atoms. The molecule has 20 heteroatoms. The van der Waals surface area contributed by atoms with Gasteiger partial charge in [0.05, 0.1) is 88.8 Å². The Labute approximate surface area is 627 Å². The topological polar surface area (TPSA) is 373 Å². The van der Waals surface area contributed by atoms with Crippen LogP contribution in [0.25, 0.3) is 55.6 Å². The number of aliphatic carboxylic acids is 10. The van der Waals surface area contributed by atoms with Gasteiger partial charge in [-0.3, -0.25) is 47.9 Å². The molecule has 0 radical (unpaired) electrons. The van der Waals surface area contributed by atoms with E-state index in [1.54, 1.807) is 60.7 Å². The van der Waals surface area contributed by atoms with Gasteiger partial charge >= 0.3 is 59.7 Å². The molecule has 5 unspecified atom stereocenters. The van der Waals surface area contributed by atoms with Gasteiger partial charge in [-0.25, -0.2) is 0 Å². The first-order chi connectivity index (χ1) is 53.2. The fourth-order valence-electron chi connectivity index (χ4n) is 24.2. The van der Waals surface area contributed by atoms with Crippen molar-refractivity contribution in [2.75, 3.05) is 0 Å². The monoisotopic (exact) mass is 1470 g/mol. The molecule has 0 saturated heterocycles. The van der Waals surface area contributed by atoms with E-state index in [1.165, 1.54) is 0 Å². The molecule has 11 aliphatic carbocycles. The number of allylic oxidation sites excluding steroid dienone is 4. The predicted molar refractivity (Wildman–Crippen MR) is 394 cm³/mol. The molecule has 0 saturated carbocycles. The van der Waals surface area contributed by atoms with Crippen LogP contribution in [0.4, 0.5) is 0 Å². The highest BCUT2D eigenvalue weighted by Crippen LogP contribution is 2.93. The summed E-state index contributed by atoms with van der Waals surface area (Å²) in [4.78, 5) is 131. The van der Waals surface area contributed by atoms with Crippen molar-refractivity contribution in [1.82, 2.24) is 0 Å². The smallest absolute Gasteiger partial charge is 0.311 e. The Balaban J connectivity index is 1.03. The van der Waals surface area contributed by atoms with Crippen molar-refractivity contribution < 1.29 is 99.0 Å². The summed E-state index contributed by atoms with van der Waals surface area (Å²) >= 11 is 0. The maximum atomic E-state index is 13.4. The van der Waals surface area contributed by atoms with Crippen LogP contribution in [0.3, 0.4) is 0 Å². The van der Waals surface area contributed by atoms with Gasteiger partial charge in [-0.1, -0.05) is 189 Å². The zero-order valence-corrected chi connectivity index (χ0v) is 58.3. The molecule has 11 aliphatic rings. The lowest BCUT2D eigenvalue weighted by Crippen LogP contribution is -2.62. The second kappa shape index (κ2) is 21.0. The number of rotatable bonds is 25. The number of carboxylic acids is 10. The summed E-state index contributed by atoms with van der Waals surface area (Å²) in [5.41, 5.74) is 15.4. The SMILES string of the molecule is C[C@]12C3=C4C5=C1[C@@]1(c6ccc(C(CC(=O)O)C(=O)O)cc6)c6c7ccc8c6[C@]5(c5ccc(C(CC(=O)O)C(=O)O)cc5)c5c-8ccc6c5[C@]4(c4ccc(C(CC(=O)O)C(=O)O)cc4)c4c-6ccc5c4[C@]3(c3ccc(C(CC(=O)O)C(=O)O)cc3)c3c-5ccc4c3[C@]2(c2ccc(C(CC(=O)O)C(=O)O)cc2)c2c-4ccc-7c21. The largest absolute Gasteiger partial charge is 0.481 e. The quantitative estimate of drug-likeness (QED) is 0.0254. The van der Waals surface area contributed by atoms with Crippen molar-refractivity contribution in [1.29, 1.82) is 0 Å². The van der Waals surface area contributed by atoms with Gasteiger partial charge in [0.1, 0.15) is 0 Å². The lowest BCUT2D eigenvalue weighted by molar-refractivity contribution is -0.145. The van der Waals surface area contributed by atoms with E-state index in [0.29, 0.717) is 27.8 Å². The number of carboxylic acid groups (broad SMARTS) is 10. The molecule has 0 aliphatic heterocycles. The van der Waals surface area contributed by atoms with Gasteiger partial charge in [0.25, 0.3) is 0 Å². The first-order valence-corrected chi connectivity index (χ1v) is 36.4. The molecule has 542 valence electrons. The maximum absolute atomic E-state index is 13.4. The van der Waals surface area contributed by atoms with Crippen molar-refractivity contribution in [3.05, 3.63) is 316 Å². The molecule has 10 N–H and O–H groups in total. The summed E-state index contributed by atoms with van der Waals surface area (Å²) in [6, 6.07) is 57.3. The third-order valence-electron chi connectivity index (χ3n) is 27.3. The Morgan fingerprint density at radius 3 is 0.604 bits per heavy atom. The van der Waals surface area contributed by atoms with Gasteiger partial charge < -0.3 is 51.1 Å². The molecule has 0 bridgehead atoms. The average molecular weight is 1470 g/mol.